The molecule has 438 valence electrons. The predicted molar refractivity (Wildman–Crippen MR) is 334 cm³/mol. The van der Waals surface area contributed by atoms with Crippen molar-refractivity contribution in [3.8, 4) is 0 Å². The molecular weight excluding hydrogens is 949 g/mol. The lowest BCUT2D eigenvalue weighted by molar-refractivity contribution is -0.167. The Morgan fingerprint density at radius 2 is 0.506 bits per heavy atom. The third-order valence-corrected chi connectivity index (χ3v) is 13.5. The Balaban J connectivity index is 4.04. The standard InChI is InChI=1S/C71H118O6/c1-4-7-10-13-15-17-19-21-23-25-27-29-31-32-33-34-35-36-37-38-40-41-43-45-47-49-51-53-55-58-61-64-70(73)76-67-68(66-75-69(72)63-60-57-12-9-6-3)77-71(74)65-62-59-56-54-52-50-48-46-44-42-39-30-28-26-24-22-20-18-16-14-11-8-5-2/h7-8,10-11,15-18,21-24,27-30,32-33,42,44,68H,4-6,9,12-14,19-20,25-26,31,34-41,43,45-67H2,1-3H3/b10-7-,11-8-,17-15-,18-16-,23-21-,24-22-,29-27-,30-28-,33-32-,44-42-. The number of hydrogen-bond donors (Lipinski definition) is 0. The van der Waals surface area contributed by atoms with Crippen LogP contribution in [0.5, 0.6) is 0 Å². The van der Waals surface area contributed by atoms with E-state index in [1.807, 2.05) is 0 Å². The first-order valence-electron chi connectivity index (χ1n) is 32.0. The highest BCUT2D eigenvalue weighted by atomic mass is 16.6. The van der Waals surface area contributed by atoms with Crippen LogP contribution in [0.2, 0.25) is 0 Å². The van der Waals surface area contributed by atoms with Crippen LogP contribution < -0.4 is 0 Å². The summed E-state index contributed by atoms with van der Waals surface area (Å²) in [7, 11) is 0. The van der Waals surface area contributed by atoms with Crippen LogP contribution in [0.1, 0.15) is 290 Å². The molecule has 0 saturated heterocycles. The molecule has 0 fully saturated rings. The monoisotopic (exact) mass is 1070 g/mol. The Morgan fingerprint density at radius 1 is 0.273 bits per heavy atom. The van der Waals surface area contributed by atoms with Crippen molar-refractivity contribution in [1.82, 2.24) is 0 Å². The molecule has 0 aliphatic rings. The highest BCUT2D eigenvalue weighted by Crippen LogP contribution is 2.16. The molecule has 0 bridgehead atoms. The molecule has 0 saturated carbocycles. The fourth-order valence-corrected chi connectivity index (χ4v) is 8.73. The first-order chi connectivity index (χ1) is 38.0. The minimum atomic E-state index is -0.783. The summed E-state index contributed by atoms with van der Waals surface area (Å²) < 4.78 is 16.8. The first kappa shape index (κ1) is 72.8. The molecule has 0 aromatic heterocycles. The number of hydrogen-bond acceptors (Lipinski definition) is 6. The minimum absolute atomic E-state index is 0.0829. The van der Waals surface area contributed by atoms with E-state index in [1.165, 1.54) is 116 Å². The molecule has 0 aromatic rings. The van der Waals surface area contributed by atoms with Crippen LogP contribution in [0.25, 0.3) is 0 Å². The lowest BCUT2D eigenvalue weighted by atomic mass is 10.0. The molecule has 0 amide bonds. The molecule has 77 heavy (non-hydrogen) atoms. The van der Waals surface area contributed by atoms with Crippen molar-refractivity contribution in [2.45, 2.75) is 297 Å². The van der Waals surface area contributed by atoms with Crippen molar-refractivity contribution in [2.24, 2.45) is 0 Å². The third-order valence-electron chi connectivity index (χ3n) is 13.5. The predicted octanol–water partition coefficient (Wildman–Crippen LogP) is 22.0. The van der Waals surface area contributed by atoms with Crippen molar-refractivity contribution in [2.75, 3.05) is 13.2 Å². The zero-order valence-electron chi connectivity index (χ0n) is 50.2. The molecule has 0 aliphatic carbocycles. The average molecular weight is 1070 g/mol. The number of unbranched alkanes of at least 4 members (excludes halogenated alkanes) is 26. The Morgan fingerprint density at radius 3 is 0.792 bits per heavy atom. The number of esters is 3. The van der Waals surface area contributed by atoms with Crippen LogP contribution in [0, 0.1) is 0 Å². The average Bonchev–Trinajstić information content (AvgIpc) is 3.43. The Hall–Kier alpha value is -4.19. The fraction of sp³-hybridized carbons (Fsp3) is 0.676. The number of ether oxygens (including phenoxy) is 3. The molecule has 6 nitrogen and oxygen atoms in total. The lowest BCUT2D eigenvalue weighted by Gasteiger charge is -2.18. The van der Waals surface area contributed by atoms with Crippen LogP contribution in [-0.2, 0) is 28.6 Å². The molecule has 1 unspecified atom stereocenters. The maximum Gasteiger partial charge on any atom is 0.306 e. The molecular formula is C71H118O6. The van der Waals surface area contributed by atoms with Gasteiger partial charge in [-0.05, 0) is 109 Å². The van der Waals surface area contributed by atoms with Gasteiger partial charge in [0.2, 0.25) is 0 Å². The maximum atomic E-state index is 12.8. The molecule has 0 spiro atoms. The zero-order chi connectivity index (χ0) is 55.7. The van der Waals surface area contributed by atoms with Gasteiger partial charge in [0.1, 0.15) is 13.2 Å². The summed E-state index contributed by atoms with van der Waals surface area (Å²) in [6, 6.07) is 0. The van der Waals surface area contributed by atoms with Crippen LogP contribution in [0.4, 0.5) is 0 Å². The van der Waals surface area contributed by atoms with E-state index in [-0.39, 0.29) is 31.1 Å². The van der Waals surface area contributed by atoms with E-state index < -0.39 is 6.10 Å². The number of rotatable bonds is 57. The Bertz CT molecular complexity index is 1600. The molecule has 1 atom stereocenters. The van der Waals surface area contributed by atoms with Crippen molar-refractivity contribution in [3.05, 3.63) is 122 Å². The lowest BCUT2D eigenvalue weighted by Crippen LogP contribution is -2.30. The van der Waals surface area contributed by atoms with Crippen molar-refractivity contribution >= 4 is 17.9 Å². The topological polar surface area (TPSA) is 78.9 Å². The smallest absolute Gasteiger partial charge is 0.306 e. The van der Waals surface area contributed by atoms with Crippen molar-refractivity contribution in [1.29, 1.82) is 0 Å². The second-order valence-corrected chi connectivity index (χ2v) is 20.9. The van der Waals surface area contributed by atoms with Gasteiger partial charge in [0.25, 0.3) is 0 Å². The van der Waals surface area contributed by atoms with Crippen molar-refractivity contribution in [3.63, 3.8) is 0 Å². The van der Waals surface area contributed by atoms with Gasteiger partial charge in [0.05, 0.1) is 0 Å². The van der Waals surface area contributed by atoms with Crippen LogP contribution in [0.15, 0.2) is 122 Å². The molecule has 0 N–H and O–H groups in total. The van der Waals surface area contributed by atoms with Gasteiger partial charge in [0, 0.05) is 19.3 Å². The molecule has 0 aliphatic heterocycles. The summed E-state index contributed by atoms with van der Waals surface area (Å²) in [5, 5.41) is 0. The zero-order valence-corrected chi connectivity index (χ0v) is 50.2. The quantitative estimate of drug-likeness (QED) is 0.0261. The van der Waals surface area contributed by atoms with E-state index in [0.717, 1.165) is 135 Å². The summed E-state index contributed by atoms with van der Waals surface area (Å²) >= 11 is 0. The Labute approximate surface area is 475 Å². The Kier molecular flexibility index (Phi) is 60.8. The number of allylic oxidation sites excluding steroid dienone is 20. The van der Waals surface area contributed by atoms with E-state index in [4.69, 9.17) is 14.2 Å². The summed E-state index contributed by atoms with van der Waals surface area (Å²) in [5.41, 5.74) is 0. The van der Waals surface area contributed by atoms with E-state index in [0.29, 0.717) is 19.3 Å². The van der Waals surface area contributed by atoms with Gasteiger partial charge in [-0.2, -0.15) is 0 Å². The summed E-state index contributed by atoms with van der Waals surface area (Å²) in [4.78, 5) is 37.9. The molecule has 0 aromatic carbocycles. The van der Waals surface area contributed by atoms with Gasteiger partial charge in [-0.25, -0.2) is 0 Å². The highest BCUT2D eigenvalue weighted by Gasteiger charge is 2.19. The van der Waals surface area contributed by atoms with Gasteiger partial charge in [-0.15, -0.1) is 0 Å². The van der Waals surface area contributed by atoms with Gasteiger partial charge < -0.3 is 14.2 Å². The van der Waals surface area contributed by atoms with E-state index in [1.54, 1.807) is 0 Å². The SMILES string of the molecule is CC/C=C\C/C=C\C/C=C\C/C=C\C/C=C\CCCCCCCCCCCCCCCCCC(=O)OCC(COC(=O)CCCCCCC)OC(=O)CCCCCCCCC/C=C\C/C=C\C/C=C\C/C=C\C/C=C\CC. The van der Waals surface area contributed by atoms with Crippen LogP contribution in [-0.4, -0.2) is 37.2 Å². The second kappa shape index (κ2) is 64.3. The second-order valence-electron chi connectivity index (χ2n) is 20.9. The first-order valence-corrected chi connectivity index (χ1v) is 32.0. The summed E-state index contributed by atoms with van der Waals surface area (Å²) in [5.74, 6) is -0.904. The van der Waals surface area contributed by atoms with Crippen molar-refractivity contribution < 1.29 is 28.6 Å². The van der Waals surface area contributed by atoms with Gasteiger partial charge >= 0.3 is 17.9 Å². The molecule has 0 rings (SSSR count). The summed E-state index contributed by atoms with van der Waals surface area (Å²) in [6.07, 6.45) is 89.7. The van der Waals surface area contributed by atoms with Gasteiger partial charge in [0.15, 0.2) is 6.10 Å². The number of carbonyl (C=O) groups is 3. The van der Waals surface area contributed by atoms with E-state index in [2.05, 4.69) is 142 Å². The normalized spacial score (nSPS) is 12.9. The van der Waals surface area contributed by atoms with Crippen LogP contribution >= 0.6 is 0 Å². The molecule has 0 heterocycles. The van der Waals surface area contributed by atoms with E-state index >= 15 is 0 Å². The largest absolute Gasteiger partial charge is 0.462 e. The van der Waals surface area contributed by atoms with Gasteiger partial charge in [-0.3, -0.25) is 14.4 Å². The molecule has 0 radical (unpaired) electrons. The number of carbonyl (C=O) groups excluding carboxylic acids is 3. The third kappa shape index (κ3) is 62.5. The fourth-order valence-electron chi connectivity index (χ4n) is 8.73. The molecule has 6 heteroatoms. The van der Waals surface area contributed by atoms with Gasteiger partial charge in [-0.1, -0.05) is 284 Å². The minimum Gasteiger partial charge on any atom is -0.462 e. The van der Waals surface area contributed by atoms with E-state index in [9.17, 15) is 14.4 Å². The summed E-state index contributed by atoms with van der Waals surface area (Å²) in [6.45, 7) is 6.33. The maximum absolute atomic E-state index is 12.8. The highest BCUT2D eigenvalue weighted by molar-refractivity contribution is 5.71. The van der Waals surface area contributed by atoms with Crippen LogP contribution in [0.3, 0.4) is 0 Å².